The van der Waals surface area contributed by atoms with Crippen LogP contribution in [0.4, 0.5) is 0 Å². The van der Waals surface area contributed by atoms with Gasteiger partial charge in [-0.1, -0.05) is 13.8 Å². The maximum atomic E-state index is 12.1. The second-order valence-electron chi connectivity index (χ2n) is 5.90. The summed E-state index contributed by atoms with van der Waals surface area (Å²) in [6, 6.07) is -1.74. The van der Waals surface area contributed by atoms with Gasteiger partial charge in [0, 0.05) is 19.3 Å². The summed E-state index contributed by atoms with van der Waals surface area (Å²) in [4.78, 5) is 45.4. The van der Waals surface area contributed by atoms with Crippen LogP contribution in [0.15, 0.2) is 0 Å². The molecule has 0 radical (unpaired) electrons. The Morgan fingerprint density at radius 2 is 1.68 bits per heavy atom. The average Bonchev–Trinajstić information content (AvgIpc) is 2.40. The topological polar surface area (TPSA) is 127 Å². The Hall–Kier alpha value is -1.76. The number of Topliss-reactive ketones (excluding diaryl/α,β-unsaturated/α-hetero) is 2. The molecule has 0 saturated carbocycles. The van der Waals surface area contributed by atoms with Crippen molar-refractivity contribution in [3.8, 4) is 0 Å². The largest absolute Gasteiger partial charge is 0.480 e. The zero-order chi connectivity index (χ0) is 17.3. The van der Waals surface area contributed by atoms with Gasteiger partial charge in [0.25, 0.3) is 0 Å². The quantitative estimate of drug-likeness (QED) is 0.514. The van der Waals surface area contributed by atoms with Gasteiger partial charge in [0.1, 0.15) is 11.8 Å². The first-order valence-corrected chi connectivity index (χ1v) is 7.43. The van der Waals surface area contributed by atoms with E-state index in [4.69, 9.17) is 10.8 Å². The molecule has 7 heteroatoms. The molecule has 0 aliphatic heterocycles. The first-order chi connectivity index (χ1) is 10.1. The highest BCUT2D eigenvalue weighted by Crippen LogP contribution is 2.09. The molecule has 0 fully saturated rings. The molecule has 0 aromatic heterocycles. The van der Waals surface area contributed by atoms with Crippen LogP contribution in [0.3, 0.4) is 0 Å². The van der Waals surface area contributed by atoms with Crippen LogP contribution in [0.2, 0.25) is 0 Å². The van der Waals surface area contributed by atoms with Gasteiger partial charge in [-0.15, -0.1) is 0 Å². The lowest BCUT2D eigenvalue weighted by atomic mass is 9.97. The molecule has 4 N–H and O–H groups in total. The molecule has 22 heavy (non-hydrogen) atoms. The number of hydrogen-bond acceptors (Lipinski definition) is 5. The molecular weight excluding hydrogens is 288 g/mol. The standard InChI is InChI=1S/C15H26N2O5/c1-9(2)8-12(13(19)6-4-10(3)18)17-14(20)7-5-11(16)15(21)22/h9,11-12H,4-8,16H2,1-3H3,(H,17,20)(H,21,22). The summed E-state index contributed by atoms with van der Waals surface area (Å²) in [6.07, 6.45) is 0.696. The Bertz CT molecular complexity index is 420. The highest BCUT2D eigenvalue weighted by atomic mass is 16.4. The van der Waals surface area contributed by atoms with Crippen molar-refractivity contribution in [2.45, 2.75) is 65.0 Å². The molecule has 0 aliphatic carbocycles. The van der Waals surface area contributed by atoms with E-state index in [9.17, 15) is 19.2 Å². The summed E-state index contributed by atoms with van der Waals surface area (Å²) in [5.41, 5.74) is 5.33. The number of carboxylic acid groups (broad SMARTS) is 1. The van der Waals surface area contributed by atoms with Gasteiger partial charge >= 0.3 is 5.97 Å². The molecule has 2 unspecified atom stereocenters. The lowest BCUT2D eigenvalue weighted by Crippen LogP contribution is -2.42. The third-order valence-electron chi connectivity index (χ3n) is 3.15. The molecule has 0 aromatic rings. The summed E-state index contributed by atoms with van der Waals surface area (Å²) in [5.74, 6) is -1.62. The molecule has 0 bridgehead atoms. The minimum Gasteiger partial charge on any atom is -0.480 e. The fraction of sp³-hybridized carbons (Fsp3) is 0.733. The summed E-state index contributed by atoms with van der Waals surface area (Å²) in [7, 11) is 0. The Labute approximate surface area is 130 Å². The minimum absolute atomic E-state index is 0.0111. The number of carbonyl (C=O) groups excluding carboxylic acids is 3. The number of carbonyl (C=O) groups is 4. The van der Waals surface area contributed by atoms with Gasteiger partial charge in [-0.05, 0) is 25.7 Å². The molecule has 7 nitrogen and oxygen atoms in total. The molecular formula is C15H26N2O5. The Balaban J connectivity index is 4.50. The van der Waals surface area contributed by atoms with Crippen LogP contribution in [0, 0.1) is 5.92 Å². The minimum atomic E-state index is -1.16. The van der Waals surface area contributed by atoms with Crippen molar-refractivity contribution in [2.24, 2.45) is 11.7 Å². The van der Waals surface area contributed by atoms with Crippen LogP contribution in [0.5, 0.6) is 0 Å². The molecule has 0 aliphatic rings. The Morgan fingerprint density at radius 3 is 2.14 bits per heavy atom. The van der Waals surface area contributed by atoms with Crippen molar-refractivity contribution in [3.05, 3.63) is 0 Å². The van der Waals surface area contributed by atoms with Gasteiger partial charge in [0.15, 0.2) is 5.78 Å². The van der Waals surface area contributed by atoms with E-state index < -0.39 is 24.0 Å². The van der Waals surface area contributed by atoms with Crippen molar-refractivity contribution in [2.75, 3.05) is 0 Å². The van der Waals surface area contributed by atoms with Crippen LogP contribution in [-0.2, 0) is 19.2 Å². The van der Waals surface area contributed by atoms with E-state index in [1.54, 1.807) is 0 Å². The predicted octanol–water partition coefficient (Wildman–Crippen LogP) is 0.648. The van der Waals surface area contributed by atoms with Crippen molar-refractivity contribution in [1.82, 2.24) is 5.32 Å². The highest BCUT2D eigenvalue weighted by molar-refractivity contribution is 5.91. The summed E-state index contributed by atoms with van der Waals surface area (Å²) in [5, 5.41) is 11.3. The maximum absolute atomic E-state index is 12.1. The van der Waals surface area contributed by atoms with Crippen LogP contribution in [-0.4, -0.2) is 40.6 Å². The van der Waals surface area contributed by atoms with E-state index in [1.165, 1.54) is 6.92 Å². The van der Waals surface area contributed by atoms with E-state index in [2.05, 4.69) is 5.32 Å². The number of amides is 1. The molecule has 0 aromatic carbocycles. The van der Waals surface area contributed by atoms with Gasteiger partial charge in [0.2, 0.25) is 5.91 Å². The third-order valence-corrected chi connectivity index (χ3v) is 3.15. The summed E-state index contributed by atoms with van der Waals surface area (Å²) in [6.45, 7) is 5.27. The van der Waals surface area contributed by atoms with Crippen LogP contribution in [0.25, 0.3) is 0 Å². The van der Waals surface area contributed by atoms with E-state index in [0.717, 1.165) is 0 Å². The monoisotopic (exact) mass is 314 g/mol. The van der Waals surface area contributed by atoms with Gasteiger partial charge in [-0.3, -0.25) is 14.4 Å². The van der Waals surface area contributed by atoms with Crippen molar-refractivity contribution < 1.29 is 24.3 Å². The van der Waals surface area contributed by atoms with Gasteiger partial charge in [0.05, 0.1) is 6.04 Å². The Morgan fingerprint density at radius 1 is 1.09 bits per heavy atom. The second-order valence-corrected chi connectivity index (χ2v) is 5.90. The fourth-order valence-electron chi connectivity index (χ4n) is 1.89. The van der Waals surface area contributed by atoms with E-state index >= 15 is 0 Å². The highest BCUT2D eigenvalue weighted by Gasteiger charge is 2.22. The lowest BCUT2D eigenvalue weighted by Gasteiger charge is -2.19. The van der Waals surface area contributed by atoms with Gasteiger partial charge in [-0.2, -0.15) is 0 Å². The number of aliphatic carboxylic acids is 1. The Kier molecular flexibility index (Phi) is 9.24. The normalized spacial score (nSPS) is 13.5. The summed E-state index contributed by atoms with van der Waals surface area (Å²) < 4.78 is 0. The molecule has 0 heterocycles. The van der Waals surface area contributed by atoms with Crippen LogP contribution >= 0.6 is 0 Å². The number of nitrogens with two attached hydrogens (primary N) is 1. The zero-order valence-corrected chi connectivity index (χ0v) is 13.4. The second kappa shape index (κ2) is 10.0. The predicted molar refractivity (Wildman–Crippen MR) is 81.2 cm³/mol. The molecule has 1 amide bonds. The molecule has 0 rings (SSSR count). The van der Waals surface area contributed by atoms with E-state index in [0.29, 0.717) is 6.42 Å². The fourth-order valence-corrected chi connectivity index (χ4v) is 1.89. The third kappa shape index (κ3) is 9.23. The van der Waals surface area contributed by atoms with Gasteiger partial charge < -0.3 is 21.0 Å². The van der Waals surface area contributed by atoms with Crippen LogP contribution in [0.1, 0.15) is 52.9 Å². The van der Waals surface area contributed by atoms with Gasteiger partial charge in [-0.25, -0.2) is 0 Å². The molecule has 126 valence electrons. The lowest BCUT2D eigenvalue weighted by molar-refractivity contribution is -0.138. The number of hydrogen-bond donors (Lipinski definition) is 3. The van der Waals surface area contributed by atoms with E-state index in [1.807, 2.05) is 13.8 Å². The number of nitrogens with one attached hydrogen (secondary N) is 1. The molecule has 0 saturated heterocycles. The first kappa shape index (κ1) is 20.2. The first-order valence-electron chi connectivity index (χ1n) is 7.43. The molecule has 2 atom stereocenters. The molecule has 0 spiro atoms. The SMILES string of the molecule is CC(=O)CCC(=O)C(CC(C)C)NC(=O)CCC(N)C(=O)O. The maximum Gasteiger partial charge on any atom is 0.320 e. The summed E-state index contributed by atoms with van der Waals surface area (Å²) >= 11 is 0. The van der Waals surface area contributed by atoms with Crippen molar-refractivity contribution in [3.63, 3.8) is 0 Å². The number of rotatable bonds is 11. The number of carboxylic acids is 1. The zero-order valence-electron chi connectivity index (χ0n) is 13.4. The van der Waals surface area contributed by atoms with Crippen LogP contribution < -0.4 is 11.1 Å². The van der Waals surface area contributed by atoms with Crippen molar-refractivity contribution in [1.29, 1.82) is 0 Å². The average molecular weight is 314 g/mol. The smallest absolute Gasteiger partial charge is 0.320 e. The number of ketones is 2. The van der Waals surface area contributed by atoms with Crippen molar-refractivity contribution >= 4 is 23.4 Å². The van der Waals surface area contributed by atoms with E-state index in [-0.39, 0.29) is 43.2 Å².